The molecular weight excluding hydrogens is 204 g/mol. The minimum Gasteiger partial charge on any atom is -0.381 e. The molecule has 0 aromatic heterocycles. The fraction of sp³-hybridized carbons (Fsp3) is 0.917. The van der Waals surface area contributed by atoms with Gasteiger partial charge in [-0.3, -0.25) is 4.79 Å². The topological polar surface area (TPSA) is 41.6 Å². The Morgan fingerprint density at radius 1 is 1.44 bits per heavy atom. The van der Waals surface area contributed by atoms with Gasteiger partial charge in [0.15, 0.2) is 0 Å². The van der Waals surface area contributed by atoms with Crippen molar-refractivity contribution in [1.29, 1.82) is 0 Å². The van der Waals surface area contributed by atoms with Crippen molar-refractivity contribution in [3.8, 4) is 0 Å². The lowest BCUT2D eigenvalue weighted by Crippen LogP contribution is -2.44. The summed E-state index contributed by atoms with van der Waals surface area (Å²) in [7, 11) is 1.91. The second-order valence-electron chi connectivity index (χ2n) is 4.95. The maximum absolute atomic E-state index is 12.0. The second-order valence-corrected chi connectivity index (χ2v) is 4.95. The fourth-order valence-electron chi connectivity index (χ4n) is 2.59. The Kier molecular flexibility index (Phi) is 4.18. The van der Waals surface area contributed by atoms with E-state index in [1.807, 2.05) is 11.9 Å². The number of carbonyl (C=O) groups excluding carboxylic acids is 1. The Bertz CT molecular complexity index is 233. The van der Waals surface area contributed by atoms with Gasteiger partial charge in [0.05, 0.1) is 12.6 Å². The number of hydrogen-bond donors (Lipinski definition) is 1. The highest BCUT2D eigenvalue weighted by Crippen LogP contribution is 2.16. The molecule has 2 aliphatic rings. The molecule has 0 bridgehead atoms. The van der Waals surface area contributed by atoms with Gasteiger partial charge in [-0.25, -0.2) is 0 Å². The van der Waals surface area contributed by atoms with Crippen molar-refractivity contribution < 1.29 is 9.53 Å². The minimum atomic E-state index is 0.0644. The molecule has 0 aromatic carbocycles. The molecule has 2 heterocycles. The van der Waals surface area contributed by atoms with E-state index < -0.39 is 0 Å². The summed E-state index contributed by atoms with van der Waals surface area (Å²) in [6.45, 7) is 3.53. The first-order valence-electron chi connectivity index (χ1n) is 6.33. The van der Waals surface area contributed by atoms with Crippen LogP contribution in [0.5, 0.6) is 0 Å². The molecule has 0 radical (unpaired) electrons. The number of nitrogens with one attached hydrogen (secondary N) is 1. The largest absolute Gasteiger partial charge is 0.381 e. The molecule has 2 rings (SSSR count). The Balaban J connectivity index is 1.77. The highest BCUT2D eigenvalue weighted by molar-refractivity contribution is 5.81. The molecule has 2 atom stereocenters. The van der Waals surface area contributed by atoms with E-state index in [1.165, 1.54) is 6.42 Å². The number of carbonyl (C=O) groups is 1. The van der Waals surface area contributed by atoms with E-state index in [1.54, 1.807) is 0 Å². The van der Waals surface area contributed by atoms with Crippen LogP contribution in [0.3, 0.4) is 0 Å². The molecule has 0 spiro atoms. The van der Waals surface area contributed by atoms with Crippen LogP contribution >= 0.6 is 0 Å². The van der Waals surface area contributed by atoms with Crippen molar-refractivity contribution in [2.45, 2.75) is 31.7 Å². The van der Waals surface area contributed by atoms with E-state index >= 15 is 0 Å². The van der Waals surface area contributed by atoms with E-state index in [0.717, 1.165) is 45.6 Å². The molecular formula is C12H22N2O2. The van der Waals surface area contributed by atoms with E-state index in [2.05, 4.69) is 5.32 Å². The van der Waals surface area contributed by atoms with Gasteiger partial charge in [0.1, 0.15) is 0 Å². The molecule has 0 saturated carbocycles. The van der Waals surface area contributed by atoms with Gasteiger partial charge in [-0.05, 0) is 38.1 Å². The van der Waals surface area contributed by atoms with Crippen LogP contribution in [-0.2, 0) is 9.53 Å². The molecule has 0 aromatic rings. The van der Waals surface area contributed by atoms with Gasteiger partial charge in [0.25, 0.3) is 0 Å². The molecule has 4 heteroatoms. The maximum atomic E-state index is 12.0. The summed E-state index contributed by atoms with van der Waals surface area (Å²) >= 11 is 0. The van der Waals surface area contributed by atoms with E-state index in [-0.39, 0.29) is 11.9 Å². The van der Waals surface area contributed by atoms with E-state index in [9.17, 15) is 4.79 Å². The number of ether oxygens (including phenoxy) is 1. The predicted molar refractivity (Wildman–Crippen MR) is 62.2 cm³/mol. The molecule has 2 aliphatic heterocycles. The summed E-state index contributed by atoms with van der Waals surface area (Å²) in [5, 5.41) is 3.25. The lowest BCUT2D eigenvalue weighted by atomic mass is 10.0. The Morgan fingerprint density at radius 2 is 2.31 bits per heavy atom. The number of likely N-dealkylation sites (N-methyl/N-ethyl adjacent to an activating group) is 1. The molecule has 16 heavy (non-hydrogen) atoms. The molecule has 92 valence electrons. The SMILES string of the molecule is CN(CC1CCCOC1)C(=O)[C@@H]1CCCN1. The summed E-state index contributed by atoms with van der Waals surface area (Å²) < 4.78 is 5.43. The molecule has 1 N–H and O–H groups in total. The summed E-state index contributed by atoms with van der Waals surface area (Å²) in [4.78, 5) is 13.9. The number of hydrogen-bond acceptors (Lipinski definition) is 3. The van der Waals surface area contributed by atoms with Crippen LogP contribution < -0.4 is 5.32 Å². The summed E-state index contributed by atoms with van der Waals surface area (Å²) in [5.74, 6) is 0.784. The van der Waals surface area contributed by atoms with E-state index in [0.29, 0.717) is 5.92 Å². The lowest BCUT2D eigenvalue weighted by Gasteiger charge is -2.28. The third-order valence-electron chi connectivity index (χ3n) is 3.52. The van der Waals surface area contributed by atoms with Crippen LogP contribution in [0.15, 0.2) is 0 Å². The van der Waals surface area contributed by atoms with Crippen molar-refractivity contribution in [2.24, 2.45) is 5.92 Å². The molecule has 2 saturated heterocycles. The minimum absolute atomic E-state index is 0.0644. The number of nitrogens with zero attached hydrogens (tertiary/aromatic N) is 1. The monoisotopic (exact) mass is 226 g/mol. The summed E-state index contributed by atoms with van der Waals surface area (Å²) in [5.41, 5.74) is 0. The third-order valence-corrected chi connectivity index (χ3v) is 3.52. The number of rotatable bonds is 3. The standard InChI is InChI=1S/C12H22N2O2/c1-14(8-10-4-3-7-16-9-10)12(15)11-5-2-6-13-11/h10-11,13H,2-9H2,1H3/t10?,11-/m0/s1. The Hall–Kier alpha value is -0.610. The zero-order valence-corrected chi connectivity index (χ0v) is 10.1. The van der Waals surface area contributed by atoms with Gasteiger partial charge < -0.3 is 15.0 Å². The molecule has 1 amide bonds. The van der Waals surface area contributed by atoms with Gasteiger partial charge in [0.2, 0.25) is 5.91 Å². The van der Waals surface area contributed by atoms with Crippen molar-refractivity contribution in [2.75, 3.05) is 33.4 Å². The van der Waals surface area contributed by atoms with E-state index in [4.69, 9.17) is 4.74 Å². The summed E-state index contributed by atoms with van der Waals surface area (Å²) in [6.07, 6.45) is 4.44. The normalized spacial score (nSPS) is 30.3. The molecule has 4 nitrogen and oxygen atoms in total. The van der Waals surface area contributed by atoms with Crippen LogP contribution in [0.1, 0.15) is 25.7 Å². The smallest absolute Gasteiger partial charge is 0.239 e. The van der Waals surface area contributed by atoms with Crippen LogP contribution in [0.4, 0.5) is 0 Å². The zero-order chi connectivity index (χ0) is 11.4. The van der Waals surface area contributed by atoms with Crippen molar-refractivity contribution in [1.82, 2.24) is 10.2 Å². The van der Waals surface area contributed by atoms with Crippen LogP contribution in [0, 0.1) is 5.92 Å². The maximum Gasteiger partial charge on any atom is 0.239 e. The highest BCUT2D eigenvalue weighted by atomic mass is 16.5. The fourth-order valence-corrected chi connectivity index (χ4v) is 2.59. The van der Waals surface area contributed by atoms with Crippen LogP contribution in [0.25, 0.3) is 0 Å². The zero-order valence-electron chi connectivity index (χ0n) is 10.1. The number of amides is 1. The molecule has 1 unspecified atom stereocenters. The lowest BCUT2D eigenvalue weighted by molar-refractivity contribution is -0.132. The first kappa shape index (κ1) is 11.9. The average Bonchev–Trinajstić information content (AvgIpc) is 2.83. The molecule has 0 aliphatic carbocycles. The second kappa shape index (κ2) is 5.64. The summed E-state index contributed by atoms with van der Waals surface area (Å²) in [6, 6.07) is 0.0644. The first-order valence-corrected chi connectivity index (χ1v) is 6.33. The van der Waals surface area contributed by atoms with Gasteiger partial charge >= 0.3 is 0 Å². The van der Waals surface area contributed by atoms with Crippen molar-refractivity contribution in [3.63, 3.8) is 0 Å². The van der Waals surface area contributed by atoms with Gasteiger partial charge in [-0.15, -0.1) is 0 Å². The van der Waals surface area contributed by atoms with Crippen molar-refractivity contribution in [3.05, 3.63) is 0 Å². The third kappa shape index (κ3) is 2.95. The average molecular weight is 226 g/mol. The van der Waals surface area contributed by atoms with Crippen LogP contribution in [-0.4, -0.2) is 50.2 Å². The first-order chi connectivity index (χ1) is 7.77. The quantitative estimate of drug-likeness (QED) is 0.767. The van der Waals surface area contributed by atoms with Gasteiger partial charge in [-0.1, -0.05) is 0 Å². The Morgan fingerprint density at radius 3 is 2.94 bits per heavy atom. The highest BCUT2D eigenvalue weighted by Gasteiger charge is 2.26. The van der Waals surface area contributed by atoms with Crippen molar-refractivity contribution >= 4 is 5.91 Å². The predicted octanol–water partition coefficient (Wildman–Crippen LogP) is 0.623. The molecule has 2 fully saturated rings. The van der Waals surface area contributed by atoms with Gasteiger partial charge in [0, 0.05) is 20.2 Å². The Labute approximate surface area is 97.3 Å². The van der Waals surface area contributed by atoms with Gasteiger partial charge in [-0.2, -0.15) is 0 Å². The van der Waals surface area contributed by atoms with Crippen LogP contribution in [0.2, 0.25) is 0 Å².